The minimum absolute atomic E-state index is 0.139. The molecule has 0 bridgehead atoms. The van der Waals surface area contributed by atoms with Gasteiger partial charge in [-0.05, 0) is 24.5 Å². The molecule has 0 spiro atoms. The first-order valence-electron chi connectivity index (χ1n) is 5.03. The molecule has 0 atom stereocenters. The van der Waals surface area contributed by atoms with Crippen molar-refractivity contribution in [3.8, 4) is 0 Å². The van der Waals surface area contributed by atoms with Gasteiger partial charge in [0.2, 0.25) is 10.0 Å². The molecule has 1 N–H and O–H groups in total. The summed E-state index contributed by atoms with van der Waals surface area (Å²) >= 11 is 5.58. The zero-order valence-corrected chi connectivity index (χ0v) is 10.8. The highest BCUT2D eigenvalue weighted by atomic mass is 35.5. The maximum Gasteiger partial charge on any atom is 0.242 e. The molecule has 1 heterocycles. The Labute approximate surface area is 101 Å². The van der Waals surface area contributed by atoms with Crippen LogP contribution in [0.1, 0.15) is 20.3 Å². The molecule has 16 heavy (non-hydrogen) atoms. The molecule has 1 aromatic heterocycles. The summed E-state index contributed by atoms with van der Waals surface area (Å²) in [5, 5.41) is 0.279. The Hall–Kier alpha value is -0.650. The molecule has 1 aromatic rings. The van der Waals surface area contributed by atoms with Gasteiger partial charge in [0.05, 0.1) is 0 Å². The second kappa shape index (κ2) is 5.61. The van der Waals surface area contributed by atoms with Crippen molar-refractivity contribution in [2.75, 3.05) is 6.54 Å². The number of rotatable bonds is 5. The third-order valence-electron chi connectivity index (χ3n) is 2.02. The topological polar surface area (TPSA) is 59.1 Å². The van der Waals surface area contributed by atoms with E-state index < -0.39 is 10.0 Å². The summed E-state index contributed by atoms with van der Waals surface area (Å²) in [5.41, 5.74) is 0. The Bertz CT molecular complexity index is 429. The molecule has 0 amide bonds. The highest BCUT2D eigenvalue weighted by Gasteiger charge is 2.13. The lowest BCUT2D eigenvalue weighted by molar-refractivity contribution is 0.551. The number of nitrogens with one attached hydrogen (secondary N) is 1. The zero-order chi connectivity index (χ0) is 12.2. The van der Waals surface area contributed by atoms with Crippen LogP contribution in [0.4, 0.5) is 0 Å². The van der Waals surface area contributed by atoms with Gasteiger partial charge in [-0.2, -0.15) is 0 Å². The fourth-order valence-corrected chi connectivity index (χ4v) is 2.19. The summed E-state index contributed by atoms with van der Waals surface area (Å²) in [5.74, 6) is 0.464. The molecule has 0 saturated carbocycles. The van der Waals surface area contributed by atoms with Crippen LogP contribution >= 0.6 is 11.6 Å². The fraction of sp³-hybridized carbons (Fsp3) is 0.500. The van der Waals surface area contributed by atoms with E-state index in [0.29, 0.717) is 12.5 Å². The van der Waals surface area contributed by atoms with Crippen molar-refractivity contribution in [3.05, 3.63) is 23.5 Å². The predicted molar refractivity (Wildman–Crippen MR) is 63.9 cm³/mol. The van der Waals surface area contributed by atoms with E-state index in [4.69, 9.17) is 11.6 Å². The van der Waals surface area contributed by atoms with Crippen molar-refractivity contribution in [2.24, 2.45) is 5.92 Å². The molecule has 90 valence electrons. The highest BCUT2D eigenvalue weighted by molar-refractivity contribution is 7.89. The van der Waals surface area contributed by atoms with E-state index in [1.807, 2.05) is 13.8 Å². The van der Waals surface area contributed by atoms with Gasteiger partial charge in [0.1, 0.15) is 10.0 Å². The summed E-state index contributed by atoms with van der Waals surface area (Å²) in [6.07, 6.45) is 2.06. The summed E-state index contributed by atoms with van der Waals surface area (Å²) in [7, 11) is -3.44. The van der Waals surface area contributed by atoms with Crippen molar-refractivity contribution < 1.29 is 8.42 Å². The Morgan fingerprint density at radius 3 is 2.62 bits per heavy atom. The largest absolute Gasteiger partial charge is 0.243 e. The van der Waals surface area contributed by atoms with Crippen LogP contribution in [-0.2, 0) is 10.0 Å². The molecule has 0 aliphatic carbocycles. The molecule has 0 aliphatic rings. The first kappa shape index (κ1) is 13.4. The van der Waals surface area contributed by atoms with Crippen molar-refractivity contribution in [3.63, 3.8) is 0 Å². The van der Waals surface area contributed by atoms with Crippen molar-refractivity contribution in [2.45, 2.75) is 25.2 Å². The average Bonchev–Trinajstić information content (AvgIpc) is 2.17. The number of halogens is 1. The molecule has 4 nitrogen and oxygen atoms in total. The quantitative estimate of drug-likeness (QED) is 0.827. The first-order valence-corrected chi connectivity index (χ1v) is 6.89. The van der Waals surface area contributed by atoms with Gasteiger partial charge in [-0.1, -0.05) is 25.4 Å². The van der Waals surface area contributed by atoms with Gasteiger partial charge in [-0.15, -0.1) is 0 Å². The van der Waals surface area contributed by atoms with Crippen LogP contribution in [0.25, 0.3) is 0 Å². The lowest BCUT2D eigenvalue weighted by Crippen LogP contribution is -2.25. The van der Waals surface area contributed by atoms with Crippen LogP contribution in [0.5, 0.6) is 0 Å². The number of hydrogen-bond donors (Lipinski definition) is 1. The van der Waals surface area contributed by atoms with Crippen LogP contribution in [0, 0.1) is 5.92 Å². The highest BCUT2D eigenvalue weighted by Crippen LogP contribution is 2.10. The van der Waals surface area contributed by atoms with Gasteiger partial charge < -0.3 is 0 Å². The monoisotopic (exact) mass is 262 g/mol. The zero-order valence-electron chi connectivity index (χ0n) is 9.27. The van der Waals surface area contributed by atoms with Gasteiger partial charge in [0.25, 0.3) is 0 Å². The Morgan fingerprint density at radius 2 is 2.12 bits per heavy atom. The van der Waals surface area contributed by atoms with Crippen LogP contribution in [-0.4, -0.2) is 19.9 Å². The second-order valence-corrected chi connectivity index (χ2v) is 6.05. The number of hydrogen-bond acceptors (Lipinski definition) is 3. The summed E-state index contributed by atoms with van der Waals surface area (Å²) in [6.45, 7) is 4.51. The molecule has 1 rings (SSSR count). The van der Waals surface area contributed by atoms with Crippen LogP contribution in [0.15, 0.2) is 23.2 Å². The molecule has 0 aliphatic heterocycles. The lowest BCUT2D eigenvalue weighted by Gasteiger charge is -2.07. The normalized spacial score (nSPS) is 12.0. The predicted octanol–water partition coefficient (Wildman–Crippen LogP) is 2.06. The fourth-order valence-electron chi connectivity index (χ4n) is 1.09. The van der Waals surface area contributed by atoms with E-state index in [2.05, 4.69) is 9.71 Å². The summed E-state index contributed by atoms with van der Waals surface area (Å²) in [4.78, 5) is 3.87. The van der Waals surface area contributed by atoms with Gasteiger partial charge in [0.15, 0.2) is 0 Å². The molecule has 0 radical (unpaired) electrons. The number of aromatic nitrogens is 1. The van der Waals surface area contributed by atoms with Gasteiger partial charge in [-0.25, -0.2) is 18.1 Å². The van der Waals surface area contributed by atoms with E-state index in [1.54, 1.807) is 0 Å². The number of sulfonamides is 1. The molecular formula is C10H15ClN2O2S. The van der Waals surface area contributed by atoms with Gasteiger partial charge >= 0.3 is 0 Å². The SMILES string of the molecule is CC(C)CCNS(=O)(=O)c1ccc(Cl)nc1. The minimum Gasteiger partial charge on any atom is -0.243 e. The lowest BCUT2D eigenvalue weighted by atomic mass is 10.1. The summed E-state index contributed by atoms with van der Waals surface area (Å²) in [6, 6.07) is 2.89. The maximum absolute atomic E-state index is 11.7. The maximum atomic E-state index is 11.7. The molecule has 0 unspecified atom stereocenters. The van der Waals surface area contributed by atoms with Crippen molar-refractivity contribution >= 4 is 21.6 Å². The first-order chi connectivity index (χ1) is 7.42. The Morgan fingerprint density at radius 1 is 1.44 bits per heavy atom. The van der Waals surface area contributed by atoms with Crippen molar-refractivity contribution in [1.29, 1.82) is 0 Å². The molecule has 0 saturated heterocycles. The van der Waals surface area contributed by atoms with E-state index in [0.717, 1.165) is 6.42 Å². The third kappa shape index (κ3) is 4.08. The van der Waals surface area contributed by atoms with Gasteiger partial charge in [0, 0.05) is 12.7 Å². The Kier molecular flexibility index (Phi) is 4.70. The third-order valence-corrected chi connectivity index (χ3v) is 3.69. The average molecular weight is 263 g/mol. The van der Waals surface area contributed by atoms with Gasteiger partial charge in [-0.3, -0.25) is 0 Å². The van der Waals surface area contributed by atoms with E-state index in [1.165, 1.54) is 18.3 Å². The number of pyridine rings is 1. The molecular weight excluding hydrogens is 248 g/mol. The summed E-state index contributed by atoms with van der Waals surface area (Å²) < 4.78 is 26.0. The Balaban J connectivity index is 2.67. The standard InChI is InChI=1S/C10H15ClN2O2S/c1-8(2)5-6-13-16(14,15)9-3-4-10(11)12-7-9/h3-4,7-8,13H,5-6H2,1-2H3. The second-order valence-electron chi connectivity index (χ2n) is 3.90. The van der Waals surface area contributed by atoms with Crippen molar-refractivity contribution in [1.82, 2.24) is 9.71 Å². The van der Waals surface area contributed by atoms with Crippen LogP contribution in [0.3, 0.4) is 0 Å². The van der Waals surface area contributed by atoms with Crippen LogP contribution < -0.4 is 4.72 Å². The molecule has 0 fully saturated rings. The molecule has 0 aromatic carbocycles. The van der Waals surface area contributed by atoms with E-state index in [-0.39, 0.29) is 10.0 Å². The molecule has 6 heteroatoms. The van der Waals surface area contributed by atoms with E-state index >= 15 is 0 Å². The number of nitrogens with zero attached hydrogens (tertiary/aromatic N) is 1. The smallest absolute Gasteiger partial charge is 0.242 e. The minimum atomic E-state index is -3.44. The van der Waals surface area contributed by atoms with Crippen LogP contribution in [0.2, 0.25) is 5.15 Å². The van der Waals surface area contributed by atoms with E-state index in [9.17, 15) is 8.42 Å².